The summed E-state index contributed by atoms with van der Waals surface area (Å²) in [5.41, 5.74) is 1.59. The molecular weight excluding hydrogens is 598 g/mol. The van der Waals surface area contributed by atoms with Crippen LogP contribution in [0.1, 0.15) is 28.8 Å². The zero-order chi connectivity index (χ0) is 29.6. The van der Waals surface area contributed by atoms with Gasteiger partial charge in [0.25, 0.3) is 17.5 Å². The number of nitrogens with one attached hydrogen (secondary N) is 2. The summed E-state index contributed by atoms with van der Waals surface area (Å²) >= 11 is 8.58. The highest BCUT2D eigenvalue weighted by Crippen LogP contribution is 2.40. The second-order valence-corrected chi connectivity index (χ2v) is 11.9. The topological polar surface area (TPSA) is 147 Å². The summed E-state index contributed by atoms with van der Waals surface area (Å²) in [4.78, 5) is 41.4. The molecule has 0 unspecified atom stereocenters. The Morgan fingerprint density at radius 1 is 1.24 bits per heavy atom. The highest BCUT2D eigenvalue weighted by molar-refractivity contribution is 8.01. The molecule has 3 aromatic carbocycles. The first-order valence-electron chi connectivity index (χ1n) is 12.7. The van der Waals surface area contributed by atoms with E-state index in [1.54, 1.807) is 54.6 Å². The van der Waals surface area contributed by atoms with Gasteiger partial charge in [-0.1, -0.05) is 41.6 Å². The van der Waals surface area contributed by atoms with E-state index in [2.05, 4.69) is 15.6 Å². The van der Waals surface area contributed by atoms with Crippen molar-refractivity contribution in [2.75, 3.05) is 18.5 Å². The van der Waals surface area contributed by atoms with Crippen molar-refractivity contribution in [1.29, 1.82) is 5.26 Å². The molecule has 10 nitrogen and oxygen atoms in total. The lowest BCUT2D eigenvalue weighted by molar-refractivity contribution is -0.387. The summed E-state index contributed by atoms with van der Waals surface area (Å²) in [6.07, 6.45) is 3.01. The molecule has 0 saturated carbocycles. The van der Waals surface area contributed by atoms with Crippen LogP contribution in [0.25, 0.3) is 16.3 Å². The molecule has 13 heteroatoms. The van der Waals surface area contributed by atoms with E-state index < -0.39 is 10.8 Å². The standard InChI is InChI=1S/C29H22ClN5O5S2/c30-22-6-2-1-5-21(22)28(37)33-19-8-9-23-26(14-19)42-29(34-23)41-25-10-7-17(13-24(25)35(38)39)12-18(15-31)27(36)32-16-20-4-3-11-40-20/h1-2,5-10,12-14,20H,3-4,11,16H2,(H,32,36)(H,33,37)/b18-12+/t20-/m1/s1. The van der Waals surface area contributed by atoms with E-state index in [1.807, 2.05) is 6.07 Å². The Morgan fingerprint density at radius 3 is 2.81 bits per heavy atom. The minimum atomic E-state index is -0.564. The lowest BCUT2D eigenvalue weighted by atomic mass is 10.1. The molecule has 2 amide bonds. The minimum absolute atomic E-state index is 0.0764. The first-order valence-corrected chi connectivity index (χ1v) is 14.8. The monoisotopic (exact) mass is 619 g/mol. The SMILES string of the molecule is N#C/C(=C\c1ccc(Sc2nc3ccc(NC(=O)c4ccccc4Cl)cc3s2)c([N+](=O)[O-])c1)C(=O)NC[C@H]1CCCO1. The van der Waals surface area contributed by atoms with Crippen LogP contribution in [0.4, 0.5) is 11.4 Å². The van der Waals surface area contributed by atoms with Crippen molar-refractivity contribution in [3.05, 3.63) is 92.5 Å². The third kappa shape index (κ3) is 6.95. The predicted octanol–water partition coefficient (Wildman–Crippen LogP) is 6.46. The molecule has 1 saturated heterocycles. The molecule has 0 aliphatic carbocycles. The van der Waals surface area contributed by atoms with Gasteiger partial charge in [0.15, 0.2) is 4.34 Å². The number of hydrogen-bond donors (Lipinski definition) is 2. The third-order valence-corrected chi connectivity index (χ3v) is 8.79. The van der Waals surface area contributed by atoms with Crippen molar-refractivity contribution < 1.29 is 19.2 Å². The maximum Gasteiger partial charge on any atom is 0.283 e. The Kier molecular flexibility index (Phi) is 9.14. The van der Waals surface area contributed by atoms with Gasteiger partial charge in [-0.05, 0) is 60.9 Å². The van der Waals surface area contributed by atoms with Crippen LogP contribution in [0.3, 0.4) is 0 Å². The van der Waals surface area contributed by atoms with Gasteiger partial charge in [-0.15, -0.1) is 11.3 Å². The van der Waals surface area contributed by atoms with Crippen LogP contribution in [0.5, 0.6) is 0 Å². The number of anilines is 1. The number of rotatable bonds is 9. The molecule has 1 aliphatic rings. The van der Waals surface area contributed by atoms with E-state index in [4.69, 9.17) is 16.3 Å². The lowest BCUT2D eigenvalue weighted by Crippen LogP contribution is -2.32. The fourth-order valence-corrected chi connectivity index (χ4v) is 6.61. The molecule has 0 spiro atoms. The molecule has 42 heavy (non-hydrogen) atoms. The second kappa shape index (κ2) is 13.1. The highest BCUT2D eigenvalue weighted by Gasteiger charge is 2.20. The van der Waals surface area contributed by atoms with E-state index in [0.717, 1.165) is 29.3 Å². The van der Waals surface area contributed by atoms with E-state index >= 15 is 0 Å². The van der Waals surface area contributed by atoms with Crippen LogP contribution >= 0.6 is 34.7 Å². The summed E-state index contributed by atoms with van der Waals surface area (Å²) in [5, 5.41) is 27.3. The van der Waals surface area contributed by atoms with Crippen LogP contribution in [0, 0.1) is 21.4 Å². The quantitative estimate of drug-likeness (QED) is 0.0938. The number of thiazole rings is 1. The molecule has 0 bridgehead atoms. The van der Waals surface area contributed by atoms with Gasteiger partial charge in [-0.3, -0.25) is 19.7 Å². The van der Waals surface area contributed by atoms with E-state index in [9.17, 15) is 25.0 Å². The van der Waals surface area contributed by atoms with Crippen molar-refractivity contribution >= 4 is 74.2 Å². The van der Waals surface area contributed by atoms with Crippen LogP contribution in [-0.4, -0.2) is 41.0 Å². The van der Waals surface area contributed by atoms with Crippen LogP contribution in [0.2, 0.25) is 5.02 Å². The number of aromatic nitrogens is 1. The average Bonchev–Trinajstić information content (AvgIpc) is 3.64. The molecule has 2 N–H and O–H groups in total. The molecular formula is C29H22ClN5O5S2. The fraction of sp³-hybridized carbons (Fsp3) is 0.172. The minimum Gasteiger partial charge on any atom is -0.376 e. The molecule has 1 fully saturated rings. The summed E-state index contributed by atoms with van der Waals surface area (Å²) in [6.45, 7) is 0.946. The number of amides is 2. The number of hydrogen-bond acceptors (Lipinski definition) is 9. The normalized spacial score (nSPS) is 14.9. The van der Waals surface area contributed by atoms with Crippen molar-refractivity contribution in [3.8, 4) is 6.07 Å². The maximum atomic E-state index is 12.6. The number of fused-ring (bicyclic) bond motifs is 1. The molecule has 1 atom stereocenters. The van der Waals surface area contributed by atoms with Gasteiger partial charge in [0.05, 0.1) is 36.7 Å². The number of nitro groups is 1. The van der Waals surface area contributed by atoms with E-state index in [1.165, 1.54) is 23.5 Å². The maximum absolute atomic E-state index is 12.6. The first-order chi connectivity index (χ1) is 20.3. The Morgan fingerprint density at radius 2 is 2.07 bits per heavy atom. The summed E-state index contributed by atoms with van der Waals surface area (Å²) in [6, 6.07) is 18.4. The number of nitriles is 1. The van der Waals surface area contributed by atoms with Gasteiger partial charge in [0.1, 0.15) is 11.6 Å². The average molecular weight is 620 g/mol. The second-order valence-electron chi connectivity index (χ2n) is 9.20. The summed E-state index contributed by atoms with van der Waals surface area (Å²) in [7, 11) is 0. The zero-order valence-corrected chi connectivity index (χ0v) is 24.2. The van der Waals surface area contributed by atoms with Crippen molar-refractivity contribution in [1.82, 2.24) is 10.3 Å². The third-order valence-electron chi connectivity index (χ3n) is 6.31. The Labute approximate surface area is 253 Å². The Hall–Kier alpha value is -4.28. The van der Waals surface area contributed by atoms with Gasteiger partial charge in [0, 0.05) is 24.9 Å². The summed E-state index contributed by atoms with van der Waals surface area (Å²) < 4.78 is 6.83. The molecule has 1 aliphatic heterocycles. The van der Waals surface area contributed by atoms with E-state index in [-0.39, 0.29) is 23.3 Å². The molecule has 0 radical (unpaired) electrons. The van der Waals surface area contributed by atoms with Gasteiger partial charge in [-0.25, -0.2) is 4.98 Å². The van der Waals surface area contributed by atoms with Crippen LogP contribution < -0.4 is 10.6 Å². The number of benzene rings is 3. The Bertz CT molecular complexity index is 1760. The highest BCUT2D eigenvalue weighted by atomic mass is 35.5. The number of halogens is 1. The van der Waals surface area contributed by atoms with Gasteiger partial charge in [0.2, 0.25) is 0 Å². The Balaban J connectivity index is 1.31. The fourth-order valence-electron chi connectivity index (χ4n) is 4.24. The lowest BCUT2D eigenvalue weighted by Gasteiger charge is -2.10. The molecule has 212 valence electrons. The van der Waals surface area contributed by atoms with Crippen molar-refractivity contribution in [3.63, 3.8) is 0 Å². The number of nitro benzene ring substituents is 1. The molecule has 1 aromatic heterocycles. The van der Waals surface area contributed by atoms with E-state index in [0.29, 0.717) is 49.7 Å². The zero-order valence-electron chi connectivity index (χ0n) is 21.8. The number of nitrogens with zero attached hydrogens (tertiary/aromatic N) is 3. The van der Waals surface area contributed by atoms with Crippen LogP contribution in [0.15, 0.2) is 75.5 Å². The van der Waals surface area contributed by atoms with Gasteiger partial charge in [-0.2, -0.15) is 5.26 Å². The van der Waals surface area contributed by atoms with Crippen molar-refractivity contribution in [2.45, 2.75) is 28.2 Å². The van der Waals surface area contributed by atoms with Crippen LogP contribution in [-0.2, 0) is 9.53 Å². The number of carbonyl (C=O) groups is 2. The first kappa shape index (κ1) is 29.2. The summed E-state index contributed by atoms with van der Waals surface area (Å²) in [5.74, 6) is -0.908. The number of ether oxygens (including phenoxy) is 1. The van der Waals surface area contributed by atoms with Gasteiger partial charge >= 0.3 is 0 Å². The van der Waals surface area contributed by atoms with Gasteiger partial charge < -0.3 is 15.4 Å². The molecule has 2 heterocycles. The number of carbonyl (C=O) groups excluding carboxylic acids is 2. The molecule has 5 rings (SSSR count). The largest absolute Gasteiger partial charge is 0.376 e. The van der Waals surface area contributed by atoms with Crippen molar-refractivity contribution in [2.24, 2.45) is 0 Å². The predicted molar refractivity (Wildman–Crippen MR) is 162 cm³/mol. The smallest absolute Gasteiger partial charge is 0.283 e. The molecule has 4 aromatic rings.